The number of ether oxygens (including phenoxy) is 1. The molecule has 0 aliphatic carbocycles. The summed E-state index contributed by atoms with van der Waals surface area (Å²) in [5.74, 6) is 0. The molecule has 0 saturated heterocycles. The third-order valence-corrected chi connectivity index (χ3v) is 1.65. The van der Waals surface area contributed by atoms with E-state index in [1.165, 1.54) is 0 Å². The Bertz CT molecular complexity index is 277. The normalized spacial score (nSPS) is 10.1. The van der Waals surface area contributed by atoms with Gasteiger partial charge in [-0.15, -0.1) is 5.10 Å². The summed E-state index contributed by atoms with van der Waals surface area (Å²) in [6.07, 6.45) is 0.802. The summed E-state index contributed by atoms with van der Waals surface area (Å²) in [6, 6.07) is 0.330. The minimum absolute atomic E-state index is 0.330. The summed E-state index contributed by atoms with van der Waals surface area (Å²) in [4.78, 5) is 4.11. The molecule has 72 valence electrons. The summed E-state index contributed by atoms with van der Waals surface area (Å²) in [5.41, 5.74) is 6.98. The average molecular weight is 182 g/mol. The third-order valence-electron chi connectivity index (χ3n) is 1.65. The van der Waals surface area contributed by atoms with Crippen molar-refractivity contribution in [1.82, 2.24) is 15.2 Å². The fraction of sp³-hybridized carbons (Fsp3) is 0.625. The topological polar surface area (TPSA) is 73.9 Å². The lowest BCUT2D eigenvalue weighted by molar-refractivity contribution is 0.283. The number of aromatic nitrogens is 3. The van der Waals surface area contributed by atoms with E-state index in [4.69, 9.17) is 10.5 Å². The smallest absolute Gasteiger partial charge is 0.335 e. The second-order valence-corrected chi connectivity index (χ2v) is 2.76. The van der Waals surface area contributed by atoms with Crippen LogP contribution in [0, 0.1) is 13.8 Å². The number of nitrogens with two attached hydrogens (primary N) is 1. The van der Waals surface area contributed by atoms with Gasteiger partial charge in [0.25, 0.3) is 0 Å². The van der Waals surface area contributed by atoms with E-state index in [9.17, 15) is 0 Å². The molecule has 5 nitrogen and oxygen atoms in total. The predicted molar refractivity (Wildman–Crippen MR) is 48.5 cm³/mol. The maximum absolute atomic E-state index is 5.31. The summed E-state index contributed by atoms with van der Waals surface area (Å²) >= 11 is 0. The van der Waals surface area contributed by atoms with Gasteiger partial charge >= 0.3 is 6.01 Å². The van der Waals surface area contributed by atoms with Crippen molar-refractivity contribution in [1.29, 1.82) is 0 Å². The number of aryl methyl sites for hydroxylation is 2. The minimum atomic E-state index is 0.330. The highest BCUT2D eigenvalue weighted by atomic mass is 16.5. The van der Waals surface area contributed by atoms with E-state index in [1.54, 1.807) is 0 Å². The maximum atomic E-state index is 5.31. The van der Waals surface area contributed by atoms with Crippen LogP contribution in [-0.4, -0.2) is 28.3 Å². The van der Waals surface area contributed by atoms with E-state index in [0.29, 0.717) is 19.2 Å². The van der Waals surface area contributed by atoms with Crippen LogP contribution in [0.5, 0.6) is 6.01 Å². The molecule has 1 rings (SSSR count). The molecule has 13 heavy (non-hydrogen) atoms. The van der Waals surface area contributed by atoms with Gasteiger partial charge in [0.15, 0.2) is 0 Å². The van der Waals surface area contributed by atoms with Gasteiger partial charge in [-0.1, -0.05) is 5.10 Å². The Labute approximate surface area is 77.3 Å². The first-order chi connectivity index (χ1) is 6.24. The van der Waals surface area contributed by atoms with Crippen LogP contribution in [0.4, 0.5) is 0 Å². The fourth-order valence-electron chi connectivity index (χ4n) is 0.745. The fourth-order valence-corrected chi connectivity index (χ4v) is 0.745. The molecule has 0 aliphatic rings. The maximum Gasteiger partial charge on any atom is 0.335 e. The van der Waals surface area contributed by atoms with Gasteiger partial charge in [-0.25, -0.2) is 0 Å². The zero-order valence-corrected chi connectivity index (χ0v) is 7.95. The van der Waals surface area contributed by atoms with E-state index < -0.39 is 0 Å². The van der Waals surface area contributed by atoms with Gasteiger partial charge in [-0.2, -0.15) is 4.98 Å². The summed E-state index contributed by atoms with van der Waals surface area (Å²) in [6.45, 7) is 4.89. The molecule has 1 aromatic rings. The van der Waals surface area contributed by atoms with E-state index in [-0.39, 0.29) is 0 Å². The van der Waals surface area contributed by atoms with E-state index in [2.05, 4.69) is 15.2 Å². The van der Waals surface area contributed by atoms with E-state index in [0.717, 1.165) is 17.8 Å². The Morgan fingerprint density at radius 1 is 1.23 bits per heavy atom. The third kappa shape index (κ3) is 2.95. The molecule has 0 amide bonds. The molecule has 0 saturated carbocycles. The van der Waals surface area contributed by atoms with Gasteiger partial charge in [0.2, 0.25) is 0 Å². The van der Waals surface area contributed by atoms with Crippen molar-refractivity contribution in [3.05, 3.63) is 11.4 Å². The van der Waals surface area contributed by atoms with Crippen LogP contribution in [0.2, 0.25) is 0 Å². The van der Waals surface area contributed by atoms with Gasteiger partial charge in [0, 0.05) is 0 Å². The van der Waals surface area contributed by atoms with Crippen molar-refractivity contribution >= 4 is 0 Å². The Morgan fingerprint density at radius 2 is 2.00 bits per heavy atom. The highest BCUT2D eigenvalue weighted by molar-refractivity contribution is 5.07. The van der Waals surface area contributed by atoms with Crippen LogP contribution in [0.25, 0.3) is 0 Å². The van der Waals surface area contributed by atoms with Crippen molar-refractivity contribution in [2.45, 2.75) is 20.3 Å². The summed E-state index contributed by atoms with van der Waals surface area (Å²) in [7, 11) is 0. The van der Waals surface area contributed by atoms with Gasteiger partial charge in [-0.3, -0.25) is 0 Å². The Morgan fingerprint density at radius 3 is 2.62 bits per heavy atom. The SMILES string of the molecule is Cc1nnc(OCCCN)nc1C. The van der Waals surface area contributed by atoms with Crippen LogP contribution < -0.4 is 10.5 Å². The Balaban J connectivity index is 2.53. The quantitative estimate of drug-likeness (QED) is 0.674. The molecule has 0 spiro atoms. The monoisotopic (exact) mass is 182 g/mol. The molecule has 1 heterocycles. The van der Waals surface area contributed by atoms with Gasteiger partial charge < -0.3 is 10.5 Å². The van der Waals surface area contributed by atoms with Gasteiger partial charge in [0.05, 0.1) is 18.0 Å². The first kappa shape index (κ1) is 9.85. The second kappa shape index (κ2) is 4.71. The van der Waals surface area contributed by atoms with E-state index >= 15 is 0 Å². The number of nitrogens with zero attached hydrogens (tertiary/aromatic N) is 3. The molecular weight excluding hydrogens is 168 g/mol. The average Bonchev–Trinajstić information content (AvgIpc) is 2.12. The largest absolute Gasteiger partial charge is 0.462 e. The zero-order chi connectivity index (χ0) is 9.68. The summed E-state index contributed by atoms with van der Waals surface area (Å²) < 4.78 is 5.22. The second-order valence-electron chi connectivity index (χ2n) is 2.76. The van der Waals surface area contributed by atoms with Crippen LogP contribution in [0.1, 0.15) is 17.8 Å². The molecule has 0 fully saturated rings. The number of hydrogen-bond donors (Lipinski definition) is 1. The van der Waals surface area contributed by atoms with Crippen molar-refractivity contribution in [3.8, 4) is 6.01 Å². The molecule has 0 aliphatic heterocycles. The minimum Gasteiger partial charge on any atom is -0.462 e. The predicted octanol–water partition coefficient (Wildman–Crippen LogP) is 0.216. The van der Waals surface area contributed by atoms with Crippen LogP contribution in [-0.2, 0) is 0 Å². The van der Waals surface area contributed by atoms with Crippen molar-refractivity contribution in [3.63, 3.8) is 0 Å². The Kier molecular flexibility index (Phi) is 3.57. The lowest BCUT2D eigenvalue weighted by Crippen LogP contribution is -2.09. The summed E-state index contributed by atoms with van der Waals surface area (Å²) in [5, 5.41) is 7.68. The molecule has 1 aromatic heterocycles. The molecular formula is C8H14N4O. The number of rotatable bonds is 4. The van der Waals surface area contributed by atoms with Crippen LogP contribution in [0.15, 0.2) is 0 Å². The molecule has 0 aromatic carbocycles. The Hall–Kier alpha value is -1.23. The molecule has 0 atom stereocenters. The molecule has 5 heteroatoms. The number of hydrogen-bond acceptors (Lipinski definition) is 5. The standard InChI is InChI=1S/C8H14N4O/c1-6-7(2)11-12-8(10-6)13-5-3-4-9/h3-5,9H2,1-2H3. The van der Waals surface area contributed by atoms with Gasteiger partial charge in [0.1, 0.15) is 0 Å². The molecule has 2 N–H and O–H groups in total. The molecule has 0 unspecified atom stereocenters. The van der Waals surface area contributed by atoms with Crippen LogP contribution >= 0.6 is 0 Å². The van der Waals surface area contributed by atoms with Crippen molar-refractivity contribution < 1.29 is 4.74 Å². The van der Waals surface area contributed by atoms with Crippen LogP contribution in [0.3, 0.4) is 0 Å². The highest BCUT2D eigenvalue weighted by Gasteiger charge is 2.01. The lowest BCUT2D eigenvalue weighted by Gasteiger charge is -2.03. The highest BCUT2D eigenvalue weighted by Crippen LogP contribution is 2.03. The van der Waals surface area contributed by atoms with Gasteiger partial charge in [-0.05, 0) is 26.8 Å². The molecule has 0 radical (unpaired) electrons. The van der Waals surface area contributed by atoms with E-state index in [1.807, 2.05) is 13.8 Å². The van der Waals surface area contributed by atoms with Crippen molar-refractivity contribution in [2.75, 3.05) is 13.2 Å². The van der Waals surface area contributed by atoms with Crippen molar-refractivity contribution in [2.24, 2.45) is 5.73 Å². The lowest BCUT2D eigenvalue weighted by atomic mass is 10.4. The first-order valence-corrected chi connectivity index (χ1v) is 4.25. The zero-order valence-electron chi connectivity index (χ0n) is 7.95. The first-order valence-electron chi connectivity index (χ1n) is 4.25. The molecule has 0 bridgehead atoms.